The van der Waals surface area contributed by atoms with E-state index in [0.717, 1.165) is 33.6 Å². The monoisotopic (exact) mass is 555 g/mol. The molecule has 0 atom stereocenters. The van der Waals surface area contributed by atoms with Gasteiger partial charge in [-0.05, 0) is 70.4 Å². The number of hydrogen-bond donors (Lipinski definition) is 0. The van der Waals surface area contributed by atoms with Gasteiger partial charge in [-0.1, -0.05) is 6.08 Å². The van der Waals surface area contributed by atoms with Crippen LogP contribution in [0, 0.1) is 13.8 Å². The highest BCUT2D eigenvalue weighted by Crippen LogP contribution is 2.25. The summed E-state index contributed by atoms with van der Waals surface area (Å²) in [4.78, 5) is 36.3. The van der Waals surface area contributed by atoms with Gasteiger partial charge in [0.15, 0.2) is 0 Å². The normalized spacial score (nSPS) is 13.8. The topological polar surface area (TPSA) is 81.2 Å². The number of nitrogens with zero attached hydrogens (tertiary/aromatic N) is 5. The Kier molecular flexibility index (Phi) is 8.13. The predicted molar refractivity (Wildman–Crippen MR) is 152 cm³/mol. The largest absolute Gasteiger partial charge is 0.444 e. The third-order valence-electron chi connectivity index (χ3n) is 6.08. The SMILES string of the molecule is Cc1cn2cc(-c3cc(=O)n4cc(C5=CCN(C(=O)OC(C)(C)C)CC5)ccc4n3)cc2c(C)n1.ClCCl. The number of halogens is 2. The number of amides is 1. The summed E-state index contributed by atoms with van der Waals surface area (Å²) >= 11 is 9.53. The molecule has 8 nitrogen and oxygen atoms in total. The first-order valence-corrected chi connectivity index (χ1v) is 13.3. The average Bonchev–Trinajstić information content (AvgIpc) is 3.28. The zero-order valence-corrected chi connectivity index (χ0v) is 23.7. The zero-order chi connectivity index (χ0) is 27.6. The van der Waals surface area contributed by atoms with Crippen LogP contribution in [0.25, 0.3) is 28.0 Å². The van der Waals surface area contributed by atoms with Gasteiger partial charge in [0.25, 0.3) is 5.56 Å². The molecule has 1 amide bonds. The molecule has 0 unspecified atom stereocenters. The average molecular weight is 556 g/mol. The van der Waals surface area contributed by atoms with E-state index in [1.807, 2.05) is 81.9 Å². The molecule has 0 radical (unpaired) electrons. The molecule has 5 heterocycles. The lowest BCUT2D eigenvalue weighted by molar-refractivity contribution is 0.0270. The third kappa shape index (κ3) is 6.19. The van der Waals surface area contributed by atoms with Gasteiger partial charge in [-0.15, -0.1) is 23.2 Å². The summed E-state index contributed by atoms with van der Waals surface area (Å²) in [7, 11) is 0. The van der Waals surface area contributed by atoms with Crippen LogP contribution in [-0.2, 0) is 4.74 Å². The second kappa shape index (κ2) is 11.2. The maximum absolute atomic E-state index is 13.0. The van der Waals surface area contributed by atoms with Crippen LogP contribution in [0.5, 0.6) is 0 Å². The van der Waals surface area contributed by atoms with E-state index < -0.39 is 5.60 Å². The van der Waals surface area contributed by atoms with Gasteiger partial charge in [0.2, 0.25) is 0 Å². The molecule has 0 saturated carbocycles. The Bertz CT molecular complexity index is 1580. The Hall–Kier alpha value is -3.36. The number of alkyl halides is 2. The lowest BCUT2D eigenvalue weighted by atomic mass is 10.0. The molecule has 0 saturated heterocycles. The lowest BCUT2D eigenvalue weighted by Crippen LogP contribution is -2.39. The van der Waals surface area contributed by atoms with Crippen LogP contribution in [-0.4, -0.2) is 53.8 Å². The number of aromatic nitrogens is 4. The van der Waals surface area contributed by atoms with Crippen molar-refractivity contribution in [2.75, 3.05) is 18.4 Å². The maximum atomic E-state index is 13.0. The molecule has 1 aliphatic heterocycles. The molecule has 0 spiro atoms. The van der Waals surface area contributed by atoms with E-state index in [1.165, 1.54) is 0 Å². The van der Waals surface area contributed by atoms with E-state index in [4.69, 9.17) is 32.9 Å². The molecule has 0 fully saturated rings. The van der Waals surface area contributed by atoms with Crippen LogP contribution in [0.2, 0.25) is 0 Å². The van der Waals surface area contributed by atoms with Crippen molar-refractivity contribution in [3.8, 4) is 11.3 Å². The van der Waals surface area contributed by atoms with Gasteiger partial charge >= 0.3 is 6.09 Å². The minimum atomic E-state index is -0.519. The summed E-state index contributed by atoms with van der Waals surface area (Å²) in [5.41, 5.74) is 6.34. The second-order valence-electron chi connectivity index (χ2n) is 10.1. The predicted octanol–water partition coefficient (Wildman–Crippen LogP) is 6.07. The Morgan fingerprint density at radius 1 is 1.05 bits per heavy atom. The van der Waals surface area contributed by atoms with Crippen LogP contribution in [0.1, 0.15) is 44.1 Å². The van der Waals surface area contributed by atoms with Crippen molar-refractivity contribution >= 4 is 46.0 Å². The number of rotatable bonds is 2. The van der Waals surface area contributed by atoms with Gasteiger partial charge < -0.3 is 14.0 Å². The first-order chi connectivity index (χ1) is 18.0. The summed E-state index contributed by atoms with van der Waals surface area (Å²) < 4.78 is 9.07. The molecular weight excluding hydrogens is 525 g/mol. The van der Waals surface area contributed by atoms with Gasteiger partial charge in [-0.25, -0.2) is 9.78 Å². The number of pyridine rings is 1. The van der Waals surface area contributed by atoms with Gasteiger partial charge in [-0.3, -0.25) is 14.2 Å². The second-order valence-corrected chi connectivity index (χ2v) is 10.9. The van der Waals surface area contributed by atoms with Crippen LogP contribution in [0.3, 0.4) is 0 Å². The van der Waals surface area contributed by atoms with Gasteiger partial charge in [0.05, 0.1) is 27.9 Å². The molecule has 4 aromatic heterocycles. The standard InChI is InChI=1S/C27H29N5O3.CH2Cl2/c1-17-14-31-15-21(12-23(31)18(2)28-17)22-13-25(33)32-16-20(6-7-24(32)29-22)19-8-10-30(11-9-19)26(34)35-27(3,4)5;2-1-3/h6-8,12-16H,9-11H2,1-5H3;1H2. The molecule has 38 heavy (non-hydrogen) atoms. The summed E-state index contributed by atoms with van der Waals surface area (Å²) in [6, 6.07) is 7.43. The number of carbonyl (C=O) groups is 1. The number of carbonyl (C=O) groups excluding carboxylic acids is 1. The Morgan fingerprint density at radius 2 is 1.79 bits per heavy atom. The van der Waals surface area contributed by atoms with Crippen LogP contribution in [0.4, 0.5) is 4.79 Å². The van der Waals surface area contributed by atoms with Crippen molar-refractivity contribution in [1.29, 1.82) is 0 Å². The summed E-state index contributed by atoms with van der Waals surface area (Å²) in [5, 5.41) is 0.194. The van der Waals surface area contributed by atoms with Crippen LogP contribution < -0.4 is 5.56 Å². The van der Waals surface area contributed by atoms with Crippen molar-refractivity contribution in [3.05, 3.63) is 76.2 Å². The van der Waals surface area contributed by atoms with E-state index in [-0.39, 0.29) is 17.0 Å². The summed E-state index contributed by atoms with van der Waals surface area (Å²) in [6.07, 6.45) is 8.18. The number of hydrogen-bond acceptors (Lipinski definition) is 5. The molecule has 0 N–H and O–H groups in total. The van der Waals surface area contributed by atoms with Crippen LogP contribution in [0.15, 0.2) is 53.7 Å². The van der Waals surface area contributed by atoms with Crippen molar-refractivity contribution < 1.29 is 9.53 Å². The summed E-state index contributed by atoms with van der Waals surface area (Å²) in [5.74, 6) is 0. The summed E-state index contributed by atoms with van der Waals surface area (Å²) in [6.45, 7) is 10.6. The zero-order valence-electron chi connectivity index (χ0n) is 22.2. The Balaban J connectivity index is 0.00000107. The molecule has 5 rings (SSSR count). The van der Waals surface area contributed by atoms with E-state index in [1.54, 1.807) is 15.4 Å². The van der Waals surface area contributed by atoms with Crippen molar-refractivity contribution in [2.24, 2.45) is 0 Å². The Labute approximate surface area is 231 Å². The van der Waals surface area contributed by atoms with Crippen molar-refractivity contribution in [3.63, 3.8) is 0 Å². The third-order valence-corrected chi connectivity index (χ3v) is 6.08. The lowest BCUT2D eigenvalue weighted by Gasteiger charge is -2.29. The highest BCUT2D eigenvalue weighted by molar-refractivity contribution is 6.40. The first-order valence-electron chi connectivity index (χ1n) is 12.3. The van der Waals surface area contributed by atoms with E-state index in [9.17, 15) is 9.59 Å². The molecule has 4 aromatic rings. The van der Waals surface area contributed by atoms with Gasteiger partial charge in [0.1, 0.15) is 11.2 Å². The van der Waals surface area contributed by atoms with Crippen molar-refractivity contribution in [2.45, 2.75) is 46.6 Å². The molecule has 0 bridgehead atoms. The highest BCUT2D eigenvalue weighted by atomic mass is 35.5. The fourth-order valence-corrected chi connectivity index (χ4v) is 4.43. The first kappa shape index (κ1) is 27.7. The molecule has 1 aliphatic rings. The molecular formula is C28H31Cl2N5O3. The quantitative estimate of drug-likeness (QED) is 0.280. The maximum Gasteiger partial charge on any atom is 0.410 e. The van der Waals surface area contributed by atoms with E-state index in [0.29, 0.717) is 30.9 Å². The molecule has 10 heteroatoms. The van der Waals surface area contributed by atoms with Crippen molar-refractivity contribution in [1.82, 2.24) is 23.7 Å². The molecule has 0 aliphatic carbocycles. The number of aryl methyl sites for hydroxylation is 2. The minimum Gasteiger partial charge on any atom is -0.444 e. The van der Waals surface area contributed by atoms with Crippen LogP contribution >= 0.6 is 23.2 Å². The fraction of sp³-hybridized carbons (Fsp3) is 0.357. The highest BCUT2D eigenvalue weighted by Gasteiger charge is 2.24. The van der Waals surface area contributed by atoms with Gasteiger partial charge in [0, 0.05) is 43.3 Å². The molecule has 200 valence electrons. The fourth-order valence-electron chi connectivity index (χ4n) is 4.43. The molecule has 0 aromatic carbocycles. The number of ether oxygens (including phenoxy) is 1. The Morgan fingerprint density at radius 3 is 2.45 bits per heavy atom. The smallest absolute Gasteiger partial charge is 0.410 e. The minimum absolute atomic E-state index is 0.139. The van der Waals surface area contributed by atoms with Gasteiger partial charge in [-0.2, -0.15) is 0 Å². The van der Waals surface area contributed by atoms with E-state index in [2.05, 4.69) is 4.98 Å². The van der Waals surface area contributed by atoms with E-state index >= 15 is 0 Å². The number of fused-ring (bicyclic) bond motifs is 2.